The second-order valence-electron chi connectivity index (χ2n) is 12.4. The maximum atomic E-state index is 13.2. The molecule has 6 heteroatoms. The summed E-state index contributed by atoms with van der Waals surface area (Å²) in [5, 5.41) is 2.16. The van der Waals surface area contributed by atoms with Crippen LogP contribution in [0.1, 0.15) is 61.8 Å². The molecule has 39 heavy (non-hydrogen) atoms. The summed E-state index contributed by atoms with van der Waals surface area (Å²) in [6.07, 6.45) is 0.327. The van der Waals surface area contributed by atoms with Crippen LogP contribution in [0.15, 0.2) is 72.8 Å². The number of esters is 2. The lowest BCUT2D eigenvalue weighted by Crippen LogP contribution is -2.68. The van der Waals surface area contributed by atoms with Gasteiger partial charge in [-0.05, 0) is 53.9 Å². The van der Waals surface area contributed by atoms with Gasteiger partial charge in [0.15, 0.2) is 5.92 Å². The molecule has 0 bridgehead atoms. The molecule has 3 rings (SSSR count). The van der Waals surface area contributed by atoms with Crippen molar-refractivity contribution in [3.05, 3.63) is 72.8 Å². The van der Waals surface area contributed by atoms with E-state index in [4.69, 9.17) is 13.9 Å². The lowest BCUT2D eigenvalue weighted by molar-refractivity contribution is -0.165. The number of hydrogen-bond acceptors (Lipinski definition) is 5. The summed E-state index contributed by atoms with van der Waals surface area (Å²) < 4.78 is 18.5. The van der Waals surface area contributed by atoms with E-state index in [1.165, 1.54) is 10.4 Å². The Morgan fingerprint density at radius 3 is 1.72 bits per heavy atom. The molecule has 0 unspecified atom stereocenters. The highest BCUT2D eigenvalue weighted by Crippen LogP contribution is 2.54. The van der Waals surface area contributed by atoms with Crippen molar-refractivity contribution in [2.24, 2.45) is 23.2 Å². The molecule has 0 aromatic heterocycles. The number of ether oxygens (including phenoxy) is 2. The SMILES string of the molecule is C=C(C)[C@H]1[C@@H](C(C(=O)OCC)C(=O)OCC)CC(C)(C)[C@@H]1O[Si](c1ccccc1)(c1ccccc1)C(C)(C)C. The maximum Gasteiger partial charge on any atom is 0.320 e. The molecule has 0 saturated heterocycles. The van der Waals surface area contributed by atoms with E-state index in [0.717, 1.165) is 5.57 Å². The van der Waals surface area contributed by atoms with Crippen LogP contribution in [0.2, 0.25) is 5.04 Å². The van der Waals surface area contributed by atoms with Crippen molar-refractivity contribution < 1.29 is 23.5 Å². The molecular formula is C33H46O5Si. The van der Waals surface area contributed by atoms with Crippen molar-refractivity contribution in [1.29, 1.82) is 0 Å². The van der Waals surface area contributed by atoms with Crippen LogP contribution in [-0.2, 0) is 23.5 Å². The van der Waals surface area contributed by atoms with Gasteiger partial charge in [0, 0.05) is 5.92 Å². The van der Waals surface area contributed by atoms with E-state index < -0.39 is 26.2 Å². The summed E-state index contributed by atoms with van der Waals surface area (Å²) >= 11 is 0. The Kier molecular flexibility index (Phi) is 9.66. The second kappa shape index (κ2) is 12.2. The van der Waals surface area contributed by atoms with Crippen LogP contribution in [0.4, 0.5) is 0 Å². The van der Waals surface area contributed by atoms with Gasteiger partial charge in [-0.3, -0.25) is 9.59 Å². The minimum atomic E-state index is -2.91. The quantitative estimate of drug-likeness (QED) is 0.159. The number of hydrogen-bond donors (Lipinski definition) is 0. The molecule has 0 aliphatic heterocycles. The summed E-state index contributed by atoms with van der Waals surface area (Å²) in [6.45, 7) is 21.4. The van der Waals surface area contributed by atoms with E-state index in [0.29, 0.717) is 6.42 Å². The van der Waals surface area contributed by atoms with Crippen molar-refractivity contribution >= 4 is 30.6 Å². The molecule has 0 radical (unpaired) electrons. The van der Waals surface area contributed by atoms with Gasteiger partial charge in [0.25, 0.3) is 8.32 Å². The van der Waals surface area contributed by atoms with Gasteiger partial charge < -0.3 is 13.9 Å². The van der Waals surface area contributed by atoms with Crippen molar-refractivity contribution in [1.82, 2.24) is 0 Å². The first kappa shape index (κ1) is 30.8. The largest absolute Gasteiger partial charge is 0.465 e. The molecule has 1 aliphatic carbocycles. The van der Waals surface area contributed by atoms with Crippen LogP contribution in [0.25, 0.3) is 0 Å². The molecule has 3 atom stereocenters. The Hall–Kier alpha value is -2.70. The van der Waals surface area contributed by atoms with Crippen LogP contribution in [0.3, 0.4) is 0 Å². The highest BCUT2D eigenvalue weighted by atomic mass is 28.4. The summed E-state index contributed by atoms with van der Waals surface area (Å²) in [4.78, 5) is 26.5. The number of carbonyl (C=O) groups is 2. The van der Waals surface area contributed by atoms with E-state index in [1.807, 2.05) is 19.1 Å². The van der Waals surface area contributed by atoms with E-state index in [-0.39, 0.29) is 41.6 Å². The zero-order chi connectivity index (χ0) is 29.0. The van der Waals surface area contributed by atoms with E-state index in [2.05, 4.69) is 89.7 Å². The topological polar surface area (TPSA) is 61.8 Å². The average molecular weight is 551 g/mol. The van der Waals surface area contributed by atoms with Gasteiger partial charge in [0.05, 0.1) is 19.3 Å². The van der Waals surface area contributed by atoms with Gasteiger partial charge in [-0.25, -0.2) is 0 Å². The smallest absolute Gasteiger partial charge is 0.320 e. The van der Waals surface area contributed by atoms with E-state index in [9.17, 15) is 9.59 Å². The molecule has 5 nitrogen and oxygen atoms in total. The van der Waals surface area contributed by atoms with Crippen LogP contribution < -0.4 is 10.4 Å². The van der Waals surface area contributed by atoms with Gasteiger partial charge in [0.1, 0.15) is 0 Å². The van der Waals surface area contributed by atoms with Gasteiger partial charge in [0.2, 0.25) is 0 Å². The third-order valence-corrected chi connectivity index (χ3v) is 13.1. The fourth-order valence-corrected chi connectivity index (χ4v) is 11.4. The zero-order valence-corrected chi connectivity index (χ0v) is 26.0. The second-order valence-corrected chi connectivity index (χ2v) is 16.7. The van der Waals surface area contributed by atoms with Crippen LogP contribution >= 0.6 is 0 Å². The number of carbonyl (C=O) groups excluding carboxylic acids is 2. The highest BCUT2D eigenvalue weighted by Gasteiger charge is 2.60. The molecule has 1 saturated carbocycles. The Labute approximate surface area is 236 Å². The van der Waals surface area contributed by atoms with E-state index in [1.54, 1.807) is 13.8 Å². The van der Waals surface area contributed by atoms with Crippen molar-refractivity contribution in [3.63, 3.8) is 0 Å². The predicted molar refractivity (Wildman–Crippen MR) is 159 cm³/mol. The molecular weight excluding hydrogens is 504 g/mol. The molecule has 2 aromatic rings. The molecule has 1 fully saturated rings. The Morgan fingerprint density at radius 2 is 1.36 bits per heavy atom. The third kappa shape index (κ3) is 6.07. The lowest BCUT2D eigenvalue weighted by atomic mass is 9.80. The molecule has 0 heterocycles. The van der Waals surface area contributed by atoms with Gasteiger partial charge in [-0.1, -0.05) is 107 Å². The van der Waals surface area contributed by atoms with Crippen LogP contribution in [-0.4, -0.2) is 39.6 Å². The molecule has 1 aliphatic rings. The number of rotatable bonds is 10. The summed E-state index contributed by atoms with van der Waals surface area (Å²) in [7, 11) is -2.91. The summed E-state index contributed by atoms with van der Waals surface area (Å²) in [5.74, 6) is -2.68. The van der Waals surface area contributed by atoms with Gasteiger partial charge >= 0.3 is 11.9 Å². The first-order chi connectivity index (χ1) is 18.3. The Balaban J connectivity index is 2.23. The Morgan fingerprint density at radius 1 is 0.923 bits per heavy atom. The maximum absolute atomic E-state index is 13.2. The summed E-state index contributed by atoms with van der Waals surface area (Å²) in [6, 6.07) is 21.1. The van der Waals surface area contributed by atoms with Crippen molar-refractivity contribution in [3.8, 4) is 0 Å². The molecule has 0 spiro atoms. The number of benzene rings is 2. The van der Waals surface area contributed by atoms with Gasteiger partial charge in [-0.15, -0.1) is 0 Å². The highest BCUT2D eigenvalue weighted by molar-refractivity contribution is 6.99. The summed E-state index contributed by atoms with van der Waals surface area (Å²) in [5.41, 5.74) is 0.547. The first-order valence-electron chi connectivity index (χ1n) is 14.1. The fourth-order valence-electron chi connectivity index (χ4n) is 6.53. The van der Waals surface area contributed by atoms with Crippen LogP contribution in [0.5, 0.6) is 0 Å². The lowest BCUT2D eigenvalue weighted by Gasteiger charge is -2.48. The molecule has 212 valence electrons. The third-order valence-electron chi connectivity index (χ3n) is 8.12. The minimum absolute atomic E-state index is 0.199. The molecule has 0 N–H and O–H groups in total. The van der Waals surface area contributed by atoms with Crippen molar-refractivity contribution in [2.45, 2.75) is 73.0 Å². The average Bonchev–Trinajstić information content (AvgIpc) is 3.12. The zero-order valence-electron chi connectivity index (χ0n) is 25.0. The van der Waals surface area contributed by atoms with Gasteiger partial charge in [-0.2, -0.15) is 0 Å². The predicted octanol–water partition coefficient (Wildman–Crippen LogP) is 5.91. The fraction of sp³-hybridized carbons (Fsp3) is 0.515. The normalized spacial score (nSPS) is 21.0. The minimum Gasteiger partial charge on any atom is -0.465 e. The van der Waals surface area contributed by atoms with Crippen LogP contribution in [0, 0.1) is 23.2 Å². The molecule has 0 amide bonds. The monoisotopic (exact) mass is 550 g/mol. The molecule has 2 aromatic carbocycles. The standard InChI is InChI=1S/C33H46O5Si/c1-10-36-30(34)28(31(35)37-11-2)26-22-33(8,9)29(27(26)23(3)4)38-39(32(5,6)7,24-18-14-12-15-19-24)25-20-16-13-17-21-25/h12-21,26-29H,3,10-11,22H2,1-2,4-9H3/t26-,27-,29+/m0/s1. The van der Waals surface area contributed by atoms with Crippen molar-refractivity contribution in [2.75, 3.05) is 13.2 Å². The van der Waals surface area contributed by atoms with E-state index >= 15 is 0 Å². The Bertz CT molecular complexity index is 1080. The first-order valence-corrected chi connectivity index (χ1v) is 16.0.